The summed E-state index contributed by atoms with van der Waals surface area (Å²) in [6.45, 7) is 1.45. The highest BCUT2D eigenvalue weighted by atomic mass is 16.4. The number of hydrogen-bond donors (Lipinski definition) is 3. The lowest BCUT2D eigenvalue weighted by molar-refractivity contribution is -0.131. The molecule has 0 saturated carbocycles. The van der Waals surface area contributed by atoms with E-state index in [1.165, 1.54) is 13.0 Å². The Bertz CT molecular complexity index is 641. The summed E-state index contributed by atoms with van der Waals surface area (Å²) in [4.78, 5) is 24.4. The van der Waals surface area contributed by atoms with Crippen molar-refractivity contribution in [1.82, 2.24) is 4.98 Å². The van der Waals surface area contributed by atoms with E-state index in [1.807, 2.05) is 18.2 Å². The van der Waals surface area contributed by atoms with Crippen LogP contribution in [0.15, 0.2) is 30.3 Å². The Labute approximate surface area is 103 Å². The van der Waals surface area contributed by atoms with Crippen molar-refractivity contribution in [2.45, 2.75) is 6.92 Å². The first kappa shape index (κ1) is 11.9. The highest BCUT2D eigenvalue weighted by Crippen LogP contribution is 2.20. The molecule has 0 fully saturated rings. The molecule has 1 amide bonds. The summed E-state index contributed by atoms with van der Waals surface area (Å²) in [5, 5.41) is 12.1. The lowest BCUT2D eigenvalue weighted by atomic mass is 10.2. The molecule has 1 aromatic heterocycles. The largest absolute Gasteiger partial charge is 0.478 e. The van der Waals surface area contributed by atoms with Crippen LogP contribution in [0.4, 0.5) is 5.69 Å². The highest BCUT2D eigenvalue weighted by Gasteiger charge is 2.01. The van der Waals surface area contributed by atoms with E-state index in [-0.39, 0.29) is 5.91 Å². The number of hydrogen-bond acceptors (Lipinski definition) is 2. The summed E-state index contributed by atoms with van der Waals surface area (Å²) in [7, 11) is 0. The van der Waals surface area contributed by atoms with Crippen LogP contribution < -0.4 is 5.32 Å². The summed E-state index contributed by atoms with van der Waals surface area (Å²) in [5.41, 5.74) is 2.30. The van der Waals surface area contributed by atoms with Crippen LogP contribution >= 0.6 is 0 Å². The standard InChI is InChI=1S/C13H12N2O3/c1-8(16)14-10-2-4-12-9(6-10)7-11(15-12)3-5-13(17)18/h2-7,15H,1H3,(H,14,16)(H,17,18)/b5-3+. The minimum Gasteiger partial charge on any atom is -0.478 e. The van der Waals surface area contributed by atoms with Gasteiger partial charge in [-0.05, 0) is 30.3 Å². The minimum atomic E-state index is -0.993. The number of rotatable bonds is 3. The van der Waals surface area contributed by atoms with Crippen molar-refractivity contribution >= 4 is 34.5 Å². The van der Waals surface area contributed by atoms with Gasteiger partial charge in [0.1, 0.15) is 0 Å². The zero-order chi connectivity index (χ0) is 13.1. The first-order chi connectivity index (χ1) is 8.54. The molecule has 92 valence electrons. The smallest absolute Gasteiger partial charge is 0.328 e. The zero-order valence-corrected chi connectivity index (χ0v) is 9.73. The topological polar surface area (TPSA) is 82.2 Å². The van der Waals surface area contributed by atoms with Crippen LogP contribution in [-0.4, -0.2) is 22.0 Å². The van der Waals surface area contributed by atoms with Crippen LogP contribution in [0.25, 0.3) is 17.0 Å². The van der Waals surface area contributed by atoms with Crippen molar-refractivity contribution in [3.05, 3.63) is 36.0 Å². The van der Waals surface area contributed by atoms with Gasteiger partial charge >= 0.3 is 5.97 Å². The lowest BCUT2D eigenvalue weighted by Crippen LogP contribution is -2.05. The van der Waals surface area contributed by atoms with Crippen LogP contribution in [0.3, 0.4) is 0 Å². The van der Waals surface area contributed by atoms with Crippen molar-refractivity contribution in [1.29, 1.82) is 0 Å². The van der Waals surface area contributed by atoms with E-state index in [0.717, 1.165) is 17.0 Å². The first-order valence-electron chi connectivity index (χ1n) is 5.36. The number of nitrogens with one attached hydrogen (secondary N) is 2. The molecule has 3 N–H and O–H groups in total. The maximum atomic E-state index is 10.9. The highest BCUT2D eigenvalue weighted by molar-refractivity contribution is 5.93. The van der Waals surface area contributed by atoms with E-state index in [4.69, 9.17) is 5.11 Å². The number of carboxylic acid groups (broad SMARTS) is 1. The number of fused-ring (bicyclic) bond motifs is 1. The second-order valence-corrected chi connectivity index (χ2v) is 3.88. The third kappa shape index (κ3) is 2.76. The molecule has 1 aromatic carbocycles. The van der Waals surface area contributed by atoms with E-state index in [9.17, 15) is 9.59 Å². The normalized spacial score (nSPS) is 10.9. The number of benzene rings is 1. The molecule has 2 rings (SSSR count). The van der Waals surface area contributed by atoms with Gasteiger partial charge in [0.2, 0.25) is 5.91 Å². The third-order valence-electron chi connectivity index (χ3n) is 2.37. The predicted molar refractivity (Wildman–Crippen MR) is 69.3 cm³/mol. The molecule has 0 spiro atoms. The van der Waals surface area contributed by atoms with Crippen molar-refractivity contribution in [2.24, 2.45) is 0 Å². The minimum absolute atomic E-state index is 0.129. The summed E-state index contributed by atoms with van der Waals surface area (Å²) < 4.78 is 0. The Morgan fingerprint density at radius 2 is 2.11 bits per heavy atom. The third-order valence-corrected chi connectivity index (χ3v) is 2.37. The van der Waals surface area contributed by atoms with E-state index in [0.29, 0.717) is 11.4 Å². The van der Waals surface area contributed by atoms with Gasteiger partial charge in [0.05, 0.1) is 0 Å². The van der Waals surface area contributed by atoms with Gasteiger partial charge in [-0.3, -0.25) is 4.79 Å². The van der Waals surface area contributed by atoms with Crippen molar-refractivity contribution in [3.63, 3.8) is 0 Å². The number of carbonyl (C=O) groups is 2. The lowest BCUT2D eigenvalue weighted by Gasteiger charge is -2.00. The Hall–Kier alpha value is -2.56. The van der Waals surface area contributed by atoms with Crippen LogP contribution in [-0.2, 0) is 9.59 Å². The number of carbonyl (C=O) groups excluding carboxylic acids is 1. The average molecular weight is 244 g/mol. The molecule has 5 nitrogen and oxygen atoms in total. The van der Waals surface area contributed by atoms with Gasteiger partial charge in [0, 0.05) is 35.3 Å². The summed E-state index contributed by atoms with van der Waals surface area (Å²) in [6, 6.07) is 7.26. The molecule has 0 aliphatic heterocycles. The molecule has 0 radical (unpaired) electrons. The molecule has 0 saturated heterocycles. The molecule has 18 heavy (non-hydrogen) atoms. The van der Waals surface area contributed by atoms with Crippen molar-refractivity contribution in [3.8, 4) is 0 Å². The SMILES string of the molecule is CC(=O)Nc1ccc2[nH]c(/C=C/C(=O)O)cc2c1. The van der Waals surface area contributed by atoms with Gasteiger partial charge < -0.3 is 15.4 Å². The Balaban J connectivity index is 2.33. The molecule has 5 heteroatoms. The van der Waals surface area contributed by atoms with E-state index in [1.54, 1.807) is 6.07 Å². The van der Waals surface area contributed by atoms with Gasteiger partial charge in [-0.2, -0.15) is 0 Å². The molecular weight excluding hydrogens is 232 g/mol. The average Bonchev–Trinajstić information content (AvgIpc) is 2.67. The summed E-state index contributed by atoms with van der Waals surface area (Å²) >= 11 is 0. The van der Waals surface area contributed by atoms with Gasteiger partial charge in [-0.25, -0.2) is 4.79 Å². The van der Waals surface area contributed by atoms with E-state index in [2.05, 4.69) is 10.3 Å². The Morgan fingerprint density at radius 1 is 1.33 bits per heavy atom. The monoisotopic (exact) mass is 244 g/mol. The molecule has 0 bridgehead atoms. The number of amides is 1. The van der Waals surface area contributed by atoms with E-state index >= 15 is 0 Å². The fraction of sp³-hybridized carbons (Fsp3) is 0.0769. The molecule has 0 atom stereocenters. The molecule has 1 heterocycles. The summed E-state index contributed by atoms with van der Waals surface area (Å²) in [5.74, 6) is -1.12. The fourth-order valence-electron chi connectivity index (χ4n) is 1.69. The Morgan fingerprint density at radius 3 is 2.78 bits per heavy atom. The zero-order valence-electron chi connectivity index (χ0n) is 9.73. The first-order valence-corrected chi connectivity index (χ1v) is 5.36. The molecular formula is C13H12N2O3. The van der Waals surface area contributed by atoms with E-state index < -0.39 is 5.97 Å². The number of aliphatic carboxylic acids is 1. The summed E-state index contributed by atoms with van der Waals surface area (Å²) in [6.07, 6.45) is 2.56. The van der Waals surface area contributed by atoms with Crippen LogP contribution in [0.1, 0.15) is 12.6 Å². The van der Waals surface area contributed by atoms with Crippen LogP contribution in [0, 0.1) is 0 Å². The number of aromatic nitrogens is 1. The molecule has 2 aromatic rings. The number of H-pyrrole nitrogens is 1. The van der Waals surface area contributed by atoms with Gasteiger partial charge in [0.15, 0.2) is 0 Å². The van der Waals surface area contributed by atoms with Gasteiger partial charge in [-0.1, -0.05) is 0 Å². The maximum Gasteiger partial charge on any atom is 0.328 e. The van der Waals surface area contributed by atoms with Crippen molar-refractivity contribution < 1.29 is 14.7 Å². The van der Waals surface area contributed by atoms with Crippen LogP contribution in [0.5, 0.6) is 0 Å². The van der Waals surface area contributed by atoms with Gasteiger partial charge in [-0.15, -0.1) is 0 Å². The van der Waals surface area contributed by atoms with Crippen molar-refractivity contribution in [2.75, 3.05) is 5.32 Å². The quantitative estimate of drug-likeness (QED) is 0.724. The second kappa shape index (κ2) is 4.75. The predicted octanol–water partition coefficient (Wildman–Crippen LogP) is 2.22. The number of carboxylic acids is 1. The number of aromatic amines is 1. The maximum absolute atomic E-state index is 10.9. The molecule has 0 aliphatic carbocycles. The fourth-order valence-corrected chi connectivity index (χ4v) is 1.69. The number of anilines is 1. The molecule has 0 aliphatic rings. The van der Waals surface area contributed by atoms with Gasteiger partial charge in [0.25, 0.3) is 0 Å². The second-order valence-electron chi connectivity index (χ2n) is 3.88. The molecule has 0 unspecified atom stereocenters. The van der Waals surface area contributed by atoms with Crippen LogP contribution in [0.2, 0.25) is 0 Å². The Kier molecular flexibility index (Phi) is 3.14.